The Morgan fingerprint density at radius 3 is 2.65 bits per heavy atom. The molecule has 0 aliphatic carbocycles. The van der Waals surface area contributed by atoms with Gasteiger partial charge in [-0.05, 0) is 17.7 Å². The smallest absolute Gasteiger partial charge is 0.338 e. The Morgan fingerprint density at radius 2 is 2.09 bits per heavy atom. The highest BCUT2D eigenvalue weighted by Gasteiger charge is 2.37. The van der Waals surface area contributed by atoms with Crippen molar-refractivity contribution in [3.8, 4) is 0 Å². The molecule has 1 heterocycles. The van der Waals surface area contributed by atoms with E-state index in [9.17, 15) is 14.4 Å². The van der Waals surface area contributed by atoms with Crippen LogP contribution >= 0.6 is 11.8 Å². The van der Waals surface area contributed by atoms with E-state index in [1.807, 2.05) is 12.1 Å². The van der Waals surface area contributed by atoms with Crippen molar-refractivity contribution in [2.45, 2.75) is 17.5 Å². The first-order valence-electron chi connectivity index (χ1n) is 7.01. The van der Waals surface area contributed by atoms with Gasteiger partial charge in [-0.25, -0.2) is 4.79 Å². The van der Waals surface area contributed by atoms with E-state index in [1.165, 1.54) is 22.7 Å². The zero-order chi connectivity index (χ0) is 16.8. The predicted molar refractivity (Wildman–Crippen MR) is 86.0 cm³/mol. The van der Waals surface area contributed by atoms with Crippen LogP contribution in [0.2, 0.25) is 0 Å². The summed E-state index contributed by atoms with van der Waals surface area (Å²) >= 11 is 1.51. The second-order valence-corrected chi connectivity index (χ2v) is 6.14. The first-order valence-corrected chi connectivity index (χ1v) is 8.06. The molecule has 1 saturated heterocycles. The third-order valence-electron chi connectivity index (χ3n) is 3.29. The summed E-state index contributed by atoms with van der Waals surface area (Å²) in [6, 6.07) is 7.00. The van der Waals surface area contributed by atoms with Gasteiger partial charge >= 0.3 is 11.9 Å². The number of β-lactam (4-membered cyclic amide) rings is 1. The molecule has 6 nitrogen and oxygen atoms in total. The maximum absolute atomic E-state index is 11.6. The molecule has 0 radical (unpaired) electrons. The molecule has 1 aromatic rings. The van der Waals surface area contributed by atoms with E-state index >= 15 is 0 Å². The maximum Gasteiger partial charge on any atom is 0.338 e. The SMILES string of the molecule is C=CCOC(=O)c1ccc(CSC2CC(=O)N2CC(=O)O)cc1. The van der Waals surface area contributed by atoms with Crippen LogP contribution in [0.3, 0.4) is 0 Å². The Hall–Kier alpha value is -2.28. The molecule has 1 aliphatic rings. The second-order valence-electron chi connectivity index (χ2n) is 4.97. The number of likely N-dealkylation sites (tertiary alicyclic amines) is 1. The van der Waals surface area contributed by atoms with Gasteiger partial charge in [0.05, 0.1) is 17.4 Å². The van der Waals surface area contributed by atoms with Crippen LogP contribution in [-0.4, -0.2) is 46.4 Å². The number of carbonyl (C=O) groups excluding carboxylic acids is 2. The summed E-state index contributed by atoms with van der Waals surface area (Å²) in [6.07, 6.45) is 1.87. The number of esters is 1. The Bertz CT molecular complexity index is 613. The lowest BCUT2D eigenvalue weighted by atomic mass is 10.1. The fourth-order valence-corrected chi connectivity index (χ4v) is 3.27. The van der Waals surface area contributed by atoms with Crippen molar-refractivity contribution in [2.24, 2.45) is 0 Å². The number of hydrogen-bond acceptors (Lipinski definition) is 5. The quantitative estimate of drug-likeness (QED) is 0.444. The van der Waals surface area contributed by atoms with Crippen LogP contribution < -0.4 is 0 Å². The molecule has 0 aromatic heterocycles. The molecule has 1 fully saturated rings. The van der Waals surface area contributed by atoms with Gasteiger partial charge in [-0.3, -0.25) is 9.59 Å². The van der Waals surface area contributed by atoms with E-state index in [1.54, 1.807) is 12.1 Å². The molecule has 0 saturated carbocycles. The molecule has 23 heavy (non-hydrogen) atoms. The largest absolute Gasteiger partial charge is 0.480 e. The van der Waals surface area contributed by atoms with Crippen molar-refractivity contribution in [1.29, 1.82) is 0 Å². The molecule has 1 unspecified atom stereocenters. The number of hydrogen-bond donors (Lipinski definition) is 1. The van der Waals surface area contributed by atoms with Crippen molar-refractivity contribution in [1.82, 2.24) is 4.90 Å². The molecule has 2 rings (SSSR count). The van der Waals surface area contributed by atoms with E-state index < -0.39 is 11.9 Å². The molecule has 122 valence electrons. The molecule has 1 N–H and O–H groups in total. The van der Waals surface area contributed by atoms with E-state index in [0.717, 1.165) is 5.56 Å². The number of amides is 1. The highest BCUT2D eigenvalue weighted by atomic mass is 32.2. The second kappa shape index (κ2) is 7.82. The van der Waals surface area contributed by atoms with Crippen molar-refractivity contribution in [2.75, 3.05) is 13.2 Å². The lowest BCUT2D eigenvalue weighted by Crippen LogP contribution is -2.52. The average Bonchev–Trinajstić information content (AvgIpc) is 2.54. The molecule has 0 bridgehead atoms. The Kier molecular flexibility index (Phi) is 5.81. The number of aliphatic carboxylic acids is 1. The molecular weight excluding hydrogens is 318 g/mol. The Labute approximate surface area is 138 Å². The maximum atomic E-state index is 11.6. The van der Waals surface area contributed by atoms with Gasteiger partial charge in [-0.15, -0.1) is 11.8 Å². The fraction of sp³-hybridized carbons (Fsp3) is 0.312. The zero-order valence-corrected chi connectivity index (χ0v) is 13.3. The lowest BCUT2D eigenvalue weighted by Gasteiger charge is -2.38. The lowest BCUT2D eigenvalue weighted by molar-refractivity contribution is -0.151. The van der Waals surface area contributed by atoms with Crippen molar-refractivity contribution < 1.29 is 24.2 Å². The van der Waals surface area contributed by atoms with E-state index in [4.69, 9.17) is 9.84 Å². The number of thioether (sulfide) groups is 1. The third-order valence-corrected chi connectivity index (χ3v) is 4.59. The summed E-state index contributed by atoms with van der Waals surface area (Å²) in [5.74, 6) is -0.909. The van der Waals surface area contributed by atoms with Crippen LogP contribution in [0, 0.1) is 0 Å². The Morgan fingerprint density at radius 1 is 1.39 bits per heavy atom. The van der Waals surface area contributed by atoms with Crippen LogP contribution in [0.4, 0.5) is 0 Å². The van der Waals surface area contributed by atoms with E-state index in [0.29, 0.717) is 17.7 Å². The molecular formula is C16H17NO5S. The van der Waals surface area contributed by atoms with Crippen LogP contribution in [0.5, 0.6) is 0 Å². The minimum absolute atomic E-state index is 0.101. The normalized spacial score (nSPS) is 16.6. The standard InChI is InChI=1S/C16H17NO5S/c1-2-7-22-16(21)12-5-3-11(4-6-12)10-23-14-8-13(18)17(14)9-15(19)20/h2-6,14H,1,7-10H2,(H,19,20). The summed E-state index contributed by atoms with van der Waals surface area (Å²) in [5.41, 5.74) is 1.46. The molecule has 1 amide bonds. The molecule has 7 heteroatoms. The topological polar surface area (TPSA) is 83.9 Å². The van der Waals surface area contributed by atoms with Crippen molar-refractivity contribution in [3.05, 3.63) is 48.0 Å². The summed E-state index contributed by atoms with van der Waals surface area (Å²) in [7, 11) is 0. The van der Waals surface area contributed by atoms with Gasteiger partial charge in [0.1, 0.15) is 13.2 Å². The number of ether oxygens (including phenoxy) is 1. The predicted octanol–water partition coefficient (Wildman–Crippen LogP) is 1.91. The van der Waals surface area contributed by atoms with Gasteiger partial charge < -0.3 is 14.7 Å². The van der Waals surface area contributed by atoms with E-state index in [-0.39, 0.29) is 24.4 Å². The number of carboxylic acid groups (broad SMARTS) is 1. The van der Waals surface area contributed by atoms with Crippen molar-refractivity contribution >= 4 is 29.6 Å². The monoisotopic (exact) mass is 335 g/mol. The van der Waals surface area contributed by atoms with Gasteiger partial charge in [0, 0.05) is 5.75 Å². The first kappa shape index (κ1) is 17.1. The first-order chi connectivity index (χ1) is 11.0. The number of carbonyl (C=O) groups is 3. The highest BCUT2D eigenvalue weighted by molar-refractivity contribution is 7.99. The molecule has 1 atom stereocenters. The summed E-state index contributed by atoms with van der Waals surface area (Å²) < 4.78 is 4.94. The van der Waals surface area contributed by atoms with Gasteiger partial charge in [-0.2, -0.15) is 0 Å². The zero-order valence-electron chi connectivity index (χ0n) is 12.4. The summed E-state index contributed by atoms with van der Waals surface area (Å²) in [4.78, 5) is 35.1. The molecule has 1 aliphatic heterocycles. The summed E-state index contributed by atoms with van der Waals surface area (Å²) in [6.45, 7) is 3.39. The molecule has 0 spiro atoms. The van der Waals surface area contributed by atoms with Gasteiger partial charge in [0.2, 0.25) is 5.91 Å². The number of carboxylic acids is 1. The van der Waals surface area contributed by atoms with Crippen LogP contribution in [-0.2, 0) is 20.1 Å². The van der Waals surface area contributed by atoms with Crippen LogP contribution in [0.15, 0.2) is 36.9 Å². The third kappa shape index (κ3) is 4.59. The van der Waals surface area contributed by atoms with Gasteiger partial charge in [0.25, 0.3) is 0 Å². The average molecular weight is 335 g/mol. The minimum Gasteiger partial charge on any atom is -0.480 e. The van der Waals surface area contributed by atoms with Crippen LogP contribution in [0.1, 0.15) is 22.3 Å². The number of rotatable bonds is 8. The number of nitrogens with zero attached hydrogens (tertiary/aromatic N) is 1. The number of benzene rings is 1. The molecule has 1 aromatic carbocycles. The Balaban J connectivity index is 1.84. The summed E-state index contributed by atoms with van der Waals surface area (Å²) in [5, 5.41) is 8.66. The van der Waals surface area contributed by atoms with Crippen LogP contribution in [0.25, 0.3) is 0 Å². The van der Waals surface area contributed by atoms with Gasteiger partial charge in [0.15, 0.2) is 0 Å². The fourth-order valence-electron chi connectivity index (χ4n) is 2.06. The van der Waals surface area contributed by atoms with E-state index in [2.05, 4.69) is 6.58 Å². The van der Waals surface area contributed by atoms with Gasteiger partial charge in [-0.1, -0.05) is 24.8 Å². The highest BCUT2D eigenvalue weighted by Crippen LogP contribution is 2.31. The minimum atomic E-state index is -1.01. The van der Waals surface area contributed by atoms with Crippen molar-refractivity contribution in [3.63, 3.8) is 0 Å².